The molecule has 1 fully saturated rings. The van der Waals surface area contributed by atoms with Crippen molar-refractivity contribution < 1.29 is 9.84 Å². The fourth-order valence-corrected chi connectivity index (χ4v) is 2.73. The minimum atomic E-state index is 0.180. The standard InChI is InChI=1S/C15H23NO2/c1-10(11-5-7-12(17)8-6-11)16-13-9-14(18-4)15(13,2)3/h5-8,10,13-14,16-17H,9H2,1-4H3. The van der Waals surface area contributed by atoms with Gasteiger partial charge in [-0.1, -0.05) is 26.0 Å². The van der Waals surface area contributed by atoms with Crippen LogP contribution in [0.25, 0.3) is 0 Å². The van der Waals surface area contributed by atoms with Crippen molar-refractivity contribution in [1.82, 2.24) is 5.32 Å². The molecular formula is C15H23NO2. The molecule has 0 radical (unpaired) electrons. The molecule has 3 heteroatoms. The summed E-state index contributed by atoms with van der Waals surface area (Å²) in [7, 11) is 1.78. The molecule has 0 saturated heterocycles. The molecule has 2 rings (SSSR count). The Bertz CT molecular complexity index is 399. The Morgan fingerprint density at radius 2 is 1.94 bits per heavy atom. The van der Waals surface area contributed by atoms with Crippen molar-refractivity contribution in [3.8, 4) is 5.75 Å². The van der Waals surface area contributed by atoms with E-state index in [0.29, 0.717) is 17.9 Å². The minimum Gasteiger partial charge on any atom is -0.508 e. The second kappa shape index (κ2) is 4.90. The Morgan fingerprint density at radius 1 is 1.33 bits per heavy atom. The van der Waals surface area contributed by atoms with E-state index < -0.39 is 0 Å². The highest BCUT2D eigenvalue weighted by Gasteiger charge is 2.48. The van der Waals surface area contributed by atoms with Gasteiger partial charge in [-0.25, -0.2) is 0 Å². The number of methoxy groups -OCH3 is 1. The lowest BCUT2D eigenvalue weighted by Gasteiger charge is -2.52. The Labute approximate surface area is 109 Å². The second-order valence-electron chi connectivity index (χ2n) is 5.81. The average Bonchev–Trinajstić information content (AvgIpc) is 2.34. The van der Waals surface area contributed by atoms with Crippen LogP contribution in [-0.4, -0.2) is 24.4 Å². The lowest BCUT2D eigenvalue weighted by molar-refractivity contribution is -0.0999. The Kier molecular flexibility index (Phi) is 3.64. The highest BCUT2D eigenvalue weighted by molar-refractivity contribution is 5.28. The molecule has 0 bridgehead atoms. The minimum absolute atomic E-state index is 0.180. The van der Waals surface area contributed by atoms with Gasteiger partial charge in [-0.15, -0.1) is 0 Å². The highest BCUT2D eigenvalue weighted by Crippen LogP contribution is 2.43. The van der Waals surface area contributed by atoms with Gasteiger partial charge < -0.3 is 15.2 Å². The van der Waals surface area contributed by atoms with Crippen LogP contribution in [0.5, 0.6) is 5.75 Å². The molecule has 100 valence electrons. The van der Waals surface area contributed by atoms with Crippen LogP contribution in [0.15, 0.2) is 24.3 Å². The van der Waals surface area contributed by atoms with E-state index >= 15 is 0 Å². The molecule has 0 aliphatic heterocycles. The van der Waals surface area contributed by atoms with Gasteiger partial charge in [-0.3, -0.25) is 0 Å². The molecule has 1 aromatic rings. The first kappa shape index (κ1) is 13.4. The SMILES string of the molecule is COC1CC(NC(C)c2ccc(O)cc2)C1(C)C. The van der Waals surface area contributed by atoms with E-state index in [1.165, 1.54) is 5.56 Å². The molecule has 0 heterocycles. The molecule has 0 aromatic heterocycles. The number of nitrogens with one attached hydrogen (secondary N) is 1. The first-order chi connectivity index (χ1) is 8.45. The molecule has 3 nitrogen and oxygen atoms in total. The second-order valence-corrected chi connectivity index (χ2v) is 5.81. The van der Waals surface area contributed by atoms with Crippen molar-refractivity contribution >= 4 is 0 Å². The van der Waals surface area contributed by atoms with Crippen molar-refractivity contribution in [3.63, 3.8) is 0 Å². The van der Waals surface area contributed by atoms with Gasteiger partial charge in [0.15, 0.2) is 0 Å². The lowest BCUT2D eigenvalue weighted by Crippen LogP contribution is -2.60. The summed E-state index contributed by atoms with van der Waals surface area (Å²) >= 11 is 0. The van der Waals surface area contributed by atoms with Crippen LogP contribution >= 0.6 is 0 Å². The summed E-state index contributed by atoms with van der Waals surface area (Å²) in [4.78, 5) is 0. The molecule has 3 atom stereocenters. The van der Waals surface area contributed by atoms with E-state index in [4.69, 9.17) is 4.74 Å². The summed E-state index contributed by atoms with van der Waals surface area (Å²) in [5.74, 6) is 0.314. The van der Waals surface area contributed by atoms with Gasteiger partial charge in [0.1, 0.15) is 5.75 Å². The summed E-state index contributed by atoms with van der Waals surface area (Å²) in [6, 6.07) is 8.16. The monoisotopic (exact) mass is 249 g/mol. The molecular weight excluding hydrogens is 226 g/mol. The average molecular weight is 249 g/mol. The third kappa shape index (κ3) is 2.38. The summed E-state index contributed by atoms with van der Waals surface area (Å²) in [5.41, 5.74) is 1.38. The number of ether oxygens (including phenoxy) is 1. The molecule has 18 heavy (non-hydrogen) atoms. The molecule has 2 N–H and O–H groups in total. The van der Waals surface area contributed by atoms with Crippen LogP contribution in [0.3, 0.4) is 0 Å². The Morgan fingerprint density at radius 3 is 2.44 bits per heavy atom. The third-order valence-corrected chi connectivity index (χ3v) is 4.31. The number of benzene rings is 1. The Balaban J connectivity index is 1.97. The fourth-order valence-electron chi connectivity index (χ4n) is 2.73. The third-order valence-electron chi connectivity index (χ3n) is 4.31. The van der Waals surface area contributed by atoms with E-state index in [9.17, 15) is 5.11 Å². The molecule has 1 aliphatic rings. The maximum Gasteiger partial charge on any atom is 0.115 e. The van der Waals surface area contributed by atoms with Gasteiger partial charge in [0.05, 0.1) is 6.10 Å². The number of hydrogen-bond acceptors (Lipinski definition) is 3. The van der Waals surface area contributed by atoms with E-state index in [0.717, 1.165) is 6.42 Å². The predicted molar refractivity (Wildman–Crippen MR) is 72.6 cm³/mol. The number of phenolic OH excluding ortho intramolecular Hbond substituents is 1. The molecule has 1 saturated carbocycles. The molecule has 0 spiro atoms. The lowest BCUT2D eigenvalue weighted by atomic mass is 9.64. The van der Waals surface area contributed by atoms with Crippen LogP contribution in [0.4, 0.5) is 0 Å². The van der Waals surface area contributed by atoms with Gasteiger partial charge in [-0.05, 0) is 31.0 Å². The number of rotatable bonds is 4. The van der Waals surface area contributed by atoms with Crippen LogP contribution in [-0.2, 0) is 4.74 Å². The fraction of sp³-hybridized carbons (Fsp3) is 0.600. The summed E-state index contributed by atoms with van der Waals surface area (Å²) < 4.78 is 5.46. The molecule has 3 unspecified atom stereocenters. The zero-order chi connectivity index (χ0) is 13.3. The van der Waals surface area contributed by atoms with Gasteiger partial charge in [-0.2, -0.15) is 0 Å². The first-order valence-corrected chi connectivity index (χ1v) is 6.53. The molecule has 1 aliphatic carbocycles. The quantitative estimate of drug-likeness (QED) is 0.862. The maximum absolute atomic E-state index is 9.29. The normalized spacial score (nSPS) is 27.6. The van der Waals surface area contributed by atoms with Crippen molar-refractivity contribution in [3.05, 3.63) is 29.8 Å². The summed E-state index contributed by atoms with van der Waals surface area (Å²) in [6.45, 7) is 6.64. The summed E-state index contributed by atoms with van der Waals surface area (Å²) in [5, 5.41) is 12.9. The van der Waals surface area contributed by atoms with Crippen LogP contribution in [0.1, 0.15) is 38.8 Å². The van der Waals surface area contributed by atoms with E-state index in [2.05, 4.69) is 26.1 Å². The van der Waals surface area contributed by atoms with Crippen LogP contribution in [0.2, 0.25) is 0 Å². The zero-order valence-corrected chi connectivity index (χ0v) is 11.6. The summed E-state index contributed by atoms with van der Waals surface area (Å²) in [6.07, 6.45) is 1.41. The van der Waals surface area contributed by atoms with Crippen molar-refractivity contribution in [2.45, 2.75) is 45.4 Å². The van der Waals surface area contributed by atoms with Gasteiger partial charge in [0.2, 0.25) is 0 Å². The number of hydrogen-bond donors (Lipinski definition) is 2. The molecule has 1 aromatic carbocycles. The van der Waals surface area contributed by atoms with Crippen molar-refractivity contribution in [2.75, 3.05) is 7.11 Å². The first-order valence-electron chi connectivity index (χ1n) is 6.53. The van der Waals surface area contributed by atoms with E-state index in [1.807, 2.05) is 12.1 Å². The van der Waals surface area contributed by atoms with Gasteiger partial charge in [0.25, 0.3) is 0 Å². The largest absolute Gasteiger partial charge is 0.508 e. The molecule has 0 amide bonds. The Hall–Kier alpha value is -1.06. The van der Waals surface area contributed by atoms with Gasteiger partial charge >= 0.3 is 0 Å². The van der Waals surface area contributed by atoms with Gasteiger partial charge in [0, 0.05) is 24.6 Å². The van der Waals surface area contributed by atoms with Crippen LogP contribution in [0, 0.1) is 5.41 Å². The maximum atomic E-state index is 9.29. The topological polar surface area (TPSA) is 41.5 Å². The van der Waals surface area contributed by atoms with E-state index in [1.54, 1.807) is 19.2 Å². The zero-order valence-electron chi connectivity index (χ0n) is 11.6. The van der Waals surface area contributed by atoms with Crippen molar-refractivity contribution in [2.24, 2.45) is 5.41 Å². The van der Waals surface area contributed by atoms with Crippen molar-refractivity contribution in [1.29, 1.82) is 0 Å². The van der Waals surface area contributed by atoms with Crippen LogP contribution < -0.4 is 5.32 Å². The van der Waals surface area contributed by atoms with E-state index in [-0.39, 0.29) is 11.5 Å². The number of aromatic hydroxyl groups is 1. The predicted octanol–water partition coefficient (Wildman–Crippen LogP) is 2.86. The smallest absolute Gasteiger partial charge is 0.115 e. The highest BCUT2D eigenvalue weighted by atomic mass is 16.5. The number of phenols is 1.